The highest BCUT2D eigenvalue weighted by atomic mass is 79.9. The van der Waals surface area contributed by atoms with Crippen molar-refractivity contribution in [1.82, 2.24) is 4.72 Å². The number of halogens is 1. The summed E-state index contributed by atoms with van der Waals surface area (Å²) in [6.07, 6.45) is 5.27. The first-order chi connectivity index (χ1) is 8.18. The summed E-state index contributed by atoms with van der Waals surface area (Å²) in [7, 11) is -3.09. The van der Waals surface area contributed by atoms with E-state index in [2.05, 4.69) is 41.4 Å². The van der Waals surface area contributed by atoms with Crippen LogP contribution in [0.1, 0.15) is 52.9 Å². The van der Waals surface area contributed by atoms with E-state index in [0.29, 0.717) is 23.7 Å². The molecule has 0 spiro atoms. The van der Waals surface area contributed by atoms with Crippen LogP contribution in [0.2, 0.25) is 0 Å². The molecule has 0 saturated heterocycles. The standard InChI is InChI=1S/C13H26BrNO2S/c1-13(2,3)8-9-18(16,17)15-10-11-4-6-12(14)7-5-11/h11-12,15H,4-10H2,1-3H3. The lowest BCUT2D eigenvalue weighted by atomic mass is 9.89. The van der Waals surface area contributed by atoms with Gasteiger partial charge >= 0.3 is 0 Å². The summed E-state index contributed by atoms with van der Waals surface area (Å²) in [5.74, 6) is 0.757. The van der Waals surface area contributed by atoms with Crippen molar-refractivity contribution in [3.05, 3.63) is 0 Å². The zero-order valence-electron chi connectivity index (χ0n) is 11.7. The van der Waals surface area contributed by atoms with Crippen LogP contribution in [-0.2, 0) is 10.0 Å². The SMILES string of the molecule is CC(C)(C)CCS(=O)(=O)NCC1CCC(Br)CC1. The Kier molecular flexibility index (Phi) is 6.13. The summed E-state index contributed by atoms with van der Waals surface area (Å²) in [6.45, 7) is 6.82. The Morgan fingerprint density at radius 1 is 1.17 bits per heavy atom. The highest BCUT2D eigenvalue weighted by molar-refractivity contribution is 9.09. The second kappa shape index (κ2) is 6.71. The largest absolute Gasteiger partial charge is 0.215 e. The van der Waals surface area contributed by atoms with Crippen molar-refractivity contribution < 1.29 is 8.42 Å². The maximum atomic E-state index is 11.9. The van der Waals surface area contributed by atoms with E-state index in [1.807, 2.05) is 0 Å². The van der Waals surface area contributed by atoms with Gasteiger partial charge in [-0.2, -0.15) is 0 Å². The molecule has 0 amide bonds. The summed E-state index contributed by atoms with van der Waals surface area (Å²) in [5.41, 5.74) is 0.0722. The van der Waals surface area contributed by atoms with Crippen LogP contribution in [-0.4, -0.2) is 25.5 Å². The monoisotopic (exact) mass is 339 g/mol. The van der Waals surface area contributed by atoms with E-state index in [1.165, 1.54) is 0 Å². The summed E-state index contributed by atoms with van der Waals surface area (Å²) in [4.78, 5) is 0.631. The quantitative estimate of drug-likeness (QED) is 0.781. The third-order valence-corrected chi connectivity index (χ3v) is 5.75. The summed E-state index contributed by atoms with van der Waals surface area (Å²) >= 11 is 3.61. The Morgan fingerprint density at radius 2 is 1.72 bits per heavy atom. The van der Waals surface area contributed by atoms with E-state index >= 15 is 0 Å². The fraction of sp³-hybridized carbons (Fsp3) is 1.00. The molecule has 0 aromatic heterocycles. The summed E-state index contributed by atoms with van der Waals surface area (Å²) < 4.78 is 26.5. The van der Waals surface area contributed by atoms with Crippen molar-refractivity contribution in [2.24, 2.45) is 11.3 Å². The van der Waals surface area contributed by atoms with Gasteiger partial charge in [-0.25, -0.2) is 13.1 Å². The van der Waals surface area contributed by atoms with Gasteiger partial charge in [0.2, 0.25) is 10.0 Å². The van der Waals surface area contributed by atoms with Gasteiger partial charge in [0.05, 0.1) is 5.75 Å². The van der Waals surface area contributed by atoms with Crippen LogP contribution in [0.25, 0.3) is 0 Å². The fourth-order valence-electron chi connectivity index (χ4n) is 2.08. The first-order valence-corrected chi connectivity index (χ1v) is 9.36. The molecule has 0 heterocycles. The van der Waals surface area contributed by atoms with Crippen molar-refractivity contribution in [2.75, 3.05) is 12.3 Å². The molecule has 0 atom stereocenters. The molecule has 108 valence electrons. The van der Waals surface area contributed by atoms with Gasteiger partial charge in [-0.05, 0) is 43.4 Å². The Bertz CT molecular complexity index is 340. The number of hydrogen-bond acceptors (Lipinski definition) is 2. The molecule has 5 heteroatoms. The molecule has 1 N–H and O–H groups in total. The maximum absolute atomic E-state index is 11.9. The molecule has 0 unspecified atom stereocenters. The normalized spacial score (nSPS) is 26.2. The maximum Gasteiger partial charge on any atom is 0.211 e. The Hall–Kier alpha value is 0.390. The van der Waals surface area contributed by atoms with Crippen molar-refractivity contribution >= 4 is 26.0 Å². The Balaban J connectivity index is 2.29. The van der Waals surface area contributed by atoms with Gasteiger partial charge in [0, 0.05) is 11.4 Å². The minimum atomic E-state index is -3.09. The average Bonchev–Trinajstić information content (AvgIpc) is 2.25. The molecular weight excluding hydrogens is 314 g/mol. The number of nitrogens with one attached hydrogen (secondary N) is 1. The van der Waals surface area contributed by atoms with Gasteiger partial charge in [0.1, 0.15) is 0 Å². The molecule has 0 aliphatic heterocycles. The van der Waals surface area contributed by atoms with E-state index in [0.717, 1.165) is 25.7 Å². The van der Waals surface area contributed by atoms with Crippen LogP contribution in [0.3, 0.4) is 0 Å². The number of sulfonamides is 1. The summed E-state index contributed by atoms with van der Waals surface area (Å²) in [6, 6.07) is 0. The molecule has 0 bridgehead atoms. The van der Waals surface area contributed by atoms with E-state index in [1.54, 1.807) is 0 Å². The van der Waals surface area contributed by atoms with Gasteiger partial charge in [0.25, 0.3) is 0 Å². The zero-order chi connectivity index (χ0) is 13.8. The average molecular weight is 340 g/mol. The molecule has 3 nitrogen and oxygen atoms in total. The molecule has 18 heavy (non-hydrogen) atoms. The molecule has 1 rings (SSSR count). The molecule has 1 aliphatic rings. The molecule has 1 saturated carbocycles. The fourth-order valence-corrected chi connectivity index (χ4v) is 4.13. The lowest BCUT2D eigenvalue weighted by Gasteiger charge is -2.25. The van der Waals surface area contributed by atoms with Crippen LogP contribution in [0.4, 0.5) is 0 Å². The number of hydrogen-bond donors (Lipinski definition) is 1. The topological polar surface area (TPSA) is 46.2 Å². The smallest absolute Gasteiger partial charge is 0.211 e. The van der Waals surface area contributed by atoms with Crippen LogP contribution in [0.5, 0.6) is 0 Å². The molecule has 0 aromatic rings. The second-order valence-corrected chi connectivity index (χ2v) is 9.82. The van der Waals surface area contributed by atoms with Crippen LogP contribution >= 0.6 is 15.9 Å². The van der Waals surface area contributed by atoms with Gasteiger partial charge in [0.15, 0.2) is 0 Å². The van der Waals surface area contributed by atoms with Crippen molar-refractivity contribution in [3.63, 3.8) is 0 Å². The molecule has 1 fully saturated rings. The van der Waals surface area contributed by atoms with Gasteiger partial charge in [-0.15, -0.1) is 0 Å². The molecule has 0 aromatic carbocycles. The van der Waals surface area contributed by atoms with E-state index < -0.39 is 10.0 Å². The van der Waals surface area contributed by atoms with Crippen molar-refractivity contribution in [3.8, 4) is 0 Å². The molecule has 0 radical (unpaired) electrons. The van der Waals surface area contributed by atoms with E-state index in [-0.39, 0.29) is 11.2 Å². The van der Waals surface area contributed by atoms with Gasteiger partial charge < -0.3 is 0 Å². The van der Waals surface area contributed by atoms with Crippen molar-refractivity contribution in [1.29, 1.82) is 0 Å². The first-order valence-electron chi connectivity index (χ1n) is 6.79. The number of rotatable bonds is 5. The third-order valence-electron chi connectivity index (χ3n) is 3.49. The van der Waals surface area contributed by atoms with Crippen LogP contribution in [0, 0.1) is 11.3 Å². The molecule has 1 aliphatic carbocycles. The Labute approximate surface area is 120 Å². The highest BCUT2D eigenvalue weighted by Crippen LogP contribution is 2.28. The molecular formula is C13H26BrNO2S. The van der Waals surface area contributed by atoms with Crippen molar-refractivity contribution in [2.45, 2.75) is 57.7 Å². The first kappa shape index (κ1) is 16.4. The lowest BCUT2D eigenvalue weighted by molar-refractivity contribution is 0.364. The third kappa shape index (κ3) is 7.10. The predicted molar refractivity (Wildman–Crippen MR) is 80.5 cm³/mol. The van der Waals surface area contributed by atoms with Gasteiger partial charge in [-0.3, -0.25) is 0 Å². The van der Waals surface area contributed by atoms with E-state index in [9.17, 15) is 8.42 Å². The van der Waals surface area contributed by atoms with Crippen LogP contribution < -0.4 is 4.72 Å². The lowest BCUT2D eigenvalue weighted by Crippen LogP contribution is -2.33. The highest BCUT2D eigenvalue weighted by Gasteiger charge is 2.22. The second-order valence-electron chi connectivity index (χ2n) is 6.60. The van der Waals surface area contributed by atoms with E-state index in [4.69, 9.17) is 0 Å². The predicted octanol–water partition coefficient (Wildman–Crippen LogP) is 3.30. The zero-order valence-corrected chi connectivity index (χ0v) is 14.1. The Morgan fingerprint density at radius 3 is 2.22 bits per heavy atom. The number of alkyl halides is 1. The summed E-state index contributed by atoms with van der Waals surface area (Å²) in [5, 5.41) is 0. The van der Waals surface area contributed by atoms with Crippen LogP contribution in [0.15, 0.2) is 0 Å². The van der Waals surface area contributed by atoms with Gasteiger partial charge in [-0.1, -0.05) is 36.7 Å². The minimum Gasteiger partial charge on any atom is -0.215 e. The minimum absolute atomic E-state index is 0.0722.